The normalized spacial score (nSPS) is 16.8. The van der Waals surface area contributed by atoms with E-state index < -0.39 is 29.3 Å². The molecule has 2 bridgehead atoms. The first kappa shape index (κ1) is 29.7. The van der Waals surface area contributed by atoms with Gasteiger partial charge in [0.2, 0.25) is 0 Å². The first-order chi connectivity index (χ1) is 19.1. The van der Waals surface area contributed by atoms with Crippen LogP contribution < -0.4 is 10.2 Å². The van der Waals surface area contributed by atoms with Gasteiger partial charge in [0.05, 0.1) is 31.1 Å². The molecule has 0 saturated carbocycles. The molecule has 1 unspecified atom stereocenters. The number of carbonyl (C=O) groups is 4. The van der Waals surface area contributed by atoms with E-state index in [9.17, 15) is 19.2 Å². The molecule has 2 aliphatic heterocycles. The van der Waals surface area contributed by atoms with Crippen LogP contribution in [0.2, 0.25) is 0 Å². The van der Waals surface area contributed by atoms with Crippen molar-refractivity contribution in [3.8, 4) is 0 Å². The van der Waals surface area contributed by atoms with Gasteiger partial charge in [-0.05, 0) is 47.6 Å². The first-order valence-corrected chi connectivity index (χ1v) is 13.6. The second-order valence-electron chi connectivity index (χ2n) is 11.2. The maximum absolute atomic E-state index is 13.6. The van der Waals surface area contributed by atoms with E-state index in [0.717, 1.165) is 16.2 Å². The van der Waals surface area contributed by atoms with E-state index in [4.69, 9.17) is 14.3 Å². The van der Waals surface area contributed by atoms with Crippen LogP contribution in [0.25, 0.3) is 5.70 Å². The van der Waals surface area contributed by atoms with Crippen LogP contribution in [0, 0.1) is 0 Å². The zero-order chi connectivity index (χ0) is 30.1. The number of nitrogens with zero attached hydrogens (tertiary/aromatic N) is 6. The Morgan fingerprint density at radius 3 is 2.56 bits per heavy atom. The van der Waals surface area contributed by atoms with Crippen molar-refractivity contribution < 1.29 is 33.5 Å². The summed E-state index contributed by atoms with van der Waals surface area (Å²) in [6.45, 7) is 14.7. The van der Waals surface area contributed by atoms with Gasteiger partial charge in [-0.1, -0.05) is 17.4 Å². The minimum absolute atomic E-state index is 0.000730. The number of nitrogens with one attached hydrogen (secondary N) is 1. The number of thiazole rings is 1. The van der Waals surface area contributed by atoms with Crippen LogP contribution in [0.5, 0.6) is 0 Å². The molecule has 15 heteroatoms. The molecule has 0 radical (unpaired) electrons. The summed E-state index contributed by atoms with van der Waals surface area (Å²) in [4.78, 5) is 63.7. The van der Waals surface area contributed by atoms with Gasteiger partial charge in [0.1, 0.15) is 16.1 Å². The van der Waals surface area contributed by atoms with E-state index in [1.54, 1.807) is 58.7 Å². The van der Waals surface area contributed by atoms with E-state index in [0.29, 0.717) is 12.2 Å². The van der Waals surface area contributed by atoms with E-state index in [1.165, 1.54) is 22.0 Å². The SMILES string of the molecule is C=CCON1C(=O)N2CC(n3ccc(N(C(=O)OC(C)(C)C)C(=O)c4cnc(NC(=O)OC(C)(C)C)s4)n3)=CC1C2. The number of ether oxygens (including phenoxy) is 2. The number of hydrogen-bond donors (Lipinski definition) is 1. The van der Waals surface area contributed by atoms with Gasteiger partial charge in [-0.15, -0.1) is 11.7 Å². The number of imide groups is 1. The Labute approximate surface area is 241 Å². The molecule has 2 aromatic rings. The lowest BCUT2D eigenvalue weighted by Gasteiger charge is -2.24. The third kappa shape index (κ3) is 7.10. The van der Waals surface area contributed by atoms with Gasteiger partial charge < -0.3 is 14.4 Å². The van der Waals surface area contributed by atoms with Crippen molar-refractivity contribution in [2.75, 3.05) is 29.9 Å². The van der Waals surface area contributed by atoms with Gasteiger partial charge in [0.25, 0.3) is 5.91 Å². The molecule has 2 aliphatic rings. The van der Waals surface area contributed by atoms with Crippen LogP contribution in [0.4, 0.5) is 25.3 Å². The van der Waals surface area contributed by atoms with Gasteiger partial charge in [0.15, 0.2) is 10.9 Å². The van der Waals surface area contributed by atoms with Crippen LogP contribution in [-0.2, 0) is 14.3 Å². The number of amides is 5. The van der Waals surface area contributed by atoms with Gasteiger partial charge in [-0.2, -0.15) is 9.96 Å². The summed E-state index contributed by atoms with van der Waals surface area (Å²) < 4.78 is 12.2. The van der Waals surface area contributed by atoms with Crippen LogP contribution in [0.1, 0.15) is 51.2 Å². The lowest BCUT2D eigenvalue weighted by Crippen LogP contribution is -2.41. The predicted molar refractivity (Wildman–Crippen MR) is 150 cm³/mol. The number of hydrogen-bond acceptors (Lipinski definition) is 10. The Morgan fingerprint density at radius 2 is 1.90 bits per heavy atom. The molecule has 0 aromatic carbocycles. The number of rotatable bonds is 7. The fourth-order valence-corrected chi connectivity index (χ4v) is 4.66. The Bertz CT molecular complexity index is 1380. The fraction of sp³-hybridized carbons (Fsp3) is 0.462. The highest BCUT2D eigenvalue weighted by atomic mass is 32.1. The van der Waals surface area contributed by atoms with Gasteiger partial charge in [0, 0.05) is 18.8 Å². The zero-order valence-electron chi connectivity index (χ0n) is 23.7. The van der Waals surface area contributed by atoms with Crippen LogP contribution in [0.15, 0.2) is 37.2 Å². The number of hydroxylamine groups is 2. The Kier molecular flexibility index (Phi) is 8.22. The van der Waals surface area contributed by atoms with Crippen molar-refractivity contribution in [3.05, 3.63) is 42.1 Å². The second kappa shape index (κ2) is 11.3. The average molecular weight is 588 g/mol. The average Bonchev–Trinajstić information content (AvgIpc) is 3.56. The molecule has 1 fully saturated rings. The maximum atomic E-state index is 13.6. The molecule has 0 aliphatic carbocycles. The Balaban J connectivity index is 1.58. The molecular formula is C26H33N7O7S. The highest BCUT2D eigenvalue weighted by Crippen LogP contribution is 2.29. The number of anilines is 2. The lowest BCUT2D eigenvalue weighted by molar-refractivity contribution is -0.107. The van der Waals surface area contributed by atoms with Crippen molar-refractivity contribution in [1.29, 1.82) is 0 Å². The number of carbonyl (C=O) groups excluding carboxylic acids is 4. The summed E-state index contributed by atoms with van der Waals surface area (Å²) >= 11 is 0.866. The van der Waals surface area contributed by atoms with E-state index in [2.05, 4.69) is 22.0 Å². The summed E-state index contributed by atoms with van der Waals surface area (Å²) in [7, 11) is 0. The minimum Gasteiger partial charge on any atom is -0.444 e. The van der Waals surface area contributed by atoms with Crippen LogP contribution in [-0.4, -0.2) is 85.8 Å². The van der Waals surface area contributed by atoms with Crippen molar-refractivity contribution in [2.45, 2.75) is 58.8 Å². The molecule has 1 atom stereocenters. The molecule has 1 N–H and O–H groups in total. The number of urea groups is 1. The third-order valence-electron chi connectivity index (χ3n) is 5.44. The zero-order valence-corrected chi connectivity index (χ0v) is 24.6. The number of aromatic nitrogens is 3. The molecule has 5 amide bonds. The molecule has 1 saturated heterocycles. The van der Waals surface area contributed by atoms with Crippen molar-refractivity contribution >= 4 is 52.1 Å². The third-order valence-corrected chi connectivity index (χ3v) is 6.34. The highest BCUT2D eigenvalue weighted by molar-refractivity contribution is 7.17. The largest absolute Gasteiger partial charge is 0.444 e. The van der Waals surface area contributed by atoms with E-state index in [1.807, 2.05) is 6.08 Å². The van der Waals surface area contributed by atoms with Crippen LogP contribution >= 0.6 is 11.3 Å². The first-order valence-electron chi connectivity index (χ1n) is 12.8. The standard InChI is InChI=1S/C26H33N7O7S/c1-8-11-38-33-17-12-16(14-30(15-17)23(33)36)31-10-9-19(29-31)32(24(37)40-26(5,6)7)20(34)18-13-27-21(41-18)28-22(35)39-25(2,3)4/h8-10,12-13,17H,1,11,14-15H2,2-7H3,(H,27,28,35). The lowest BCUT2D eigenvalue weighted by atomic mass is 10.2. The van der Waals surface area contributed by atoms with Crippen molar-refractivity contribution in [3.63, 3.8) is 0 Å². The minimum atomic E-state index is -0.941. The maximum Gasteiger partial charge on any atom is 0.423 e. The molecule has 4 heterocycles. The van der Waals surface area contributed by atoms with Crippen molar-refractivity contribution in [1.82, 2.24) is 24.7 Å². The molecule has 14 nitrogen and oxygen atoms in total. The van der Waals surface area contributed by atoms with Gasteiger partial charge in [-0.25, -0.2) is 24.0 Å². The van der Waals surface area contributed by atoms with Gasteiger partial charge >= 0.3 is 18.2 Å². The van der Waals surface area contributed by atoms with E-state index in [-0.39, 0.29) is 41.1 Å². The Morgan fingerprint density at radius 1 is 1.20 bits per heavy atom. The highest BCUT2D eigenvalue weighted by Gasteiger charge is 2.41. The van der Waals surface area contributed by atoms with Crippen LogP contribution in [0.3, 0.4) is 0 Å². The Hall–Kier alpha value is -4.24. The second-order valence-corrected chi connectivity index (χ2v) is 12.2. The summed E-state index contributed by atoms with van der Waals surface area (Å²) in [6.07, 6.45) is 4.55. The molecular weight excluding hydrogens is 554 g/mol. The molecule has 220 valence electrons. The number of fused-ring (bicyclic) bond motifs is 2. The molecule has 41 heavy (non-hydrogen) atoms. The topological polar surface area (TPSA) is 148 Å². The fourth-order valence-electron chi connectivity index (χ4n) is 3.93. The van der Waals surface area contributed by atoms with Crippen molar-refractivity contribution in [2.24, 2.45) is 0 Å². The predicted octanol–water partition coefficient (Wildman–Crippen LogP) is 4.35. The summed E-state index contributed by atoms with van der Waals surface area (Å²) in [5, 5.41) is 8.36. The summed E-state index contributed by atoms with van der Waals surface area (Å²) in [5.41, 5.74) is -0.965. The summed E-state index contributed by atoms with van der Waals surface area (Å²) in [6, 6.07) is 0.876. The quantitative estimate of drug-likeness (QED) is 0.467. The van der Waals surface area contributed by atoms with E-state index >= 15 is 0 Å². The smallest absolute Gasteiger partial charge is 0.423 e. The monoisotopic (exact) mass is 587 g/mol. The van der Waals surface area contributed by atoms with Gasteiger partial charge in [-0.3, -0.25) is 14.9 Å². The molecule has 0 spiro atoms. The molecule has 2 aromatic heterocycles. The molecule has 4 rings (SSSR count). The summed E-state index contributed by atoms with van der Waals surface area (Å²) in [5.74, 6) is -0.751.